The number of hydrogen-bond acceptors (Lipinski definition) is 7. The van der Waals surface area contributed by atoms with Gasteiger partial charge in [0, 0.05) is 25.0 Å². The summed E-state index contributed by atoms with van der Waals surface area (Å²) in [5.41, 5.74) is 3.22. The number of pyridine rings is 1. The van der Waals surface area contributed by atoms with E-state index in [0.29, 0.717) is 5.56 Å². The number of hydrogen-bond donors (Lipinski definition) is 1. The van der Waals surface area contributed by atoms with Crippen molar-refractivity contribution in [3.63, 3.8) is 0 Å². The third-order valence-corrected chi connectivity index (χ3v) is 6.96. The van der Waals surface area contributed by atoms with Crippen molar-refractivity contribution in [2.75, 3.05) is 11.9 Å². The van der Waals surface area contributed by atoms with Crippen LogP contribution in [0.3, 0.4) is 0 Å². The van der Waals surface area contributed by atoms with E-state index in [0.717, 1.165) is 28.0 Å². The lowest BCUT2D eigenvalue weighted by atomic mass is 10.0. The van der Waals surface area contributed by atoms with E-state index in [1.54, 1.807) is 19.3 Å². The van der Waals surface area contributed by atoms with Gasteiger partial charge in [-0.3, -0.25) is 14.7 Å². The molecule has 0 unspecified atom stereocenters. The lowest BCUT2D eigenvalue weighted by Crippen LogP contribution is -2.27. The summed E-state index contributed by atoms with van der Waals surface area (Å²) >= 11 is 0.864. The van der Waals surface area contributed by atoms with E-state index in [4.69, 9.17) is 10.4 Å². The number of likely N-dealkylation sites (N-methyl/N-ethyl adjacent to an activating group) is 1. The van der Waals surface area contributed by atoms with Crippen LogP contribution in [0.1, 0.15) is 16.8 Å². The molecule has 0 radical (unpaired) electrons. The quantitative estimate of drug-likeness (QED) is 0.664. The Kier molecular flexibility index (Phi) is 5.74. The Balaban J connectivity index is 1.75. The molecular formula is C19H17N5O3S2. The number of primary sulfonamides is 1. The molecule has 3 aromatic rings. The lowest BCUT2D eigenvalue weighted by molar-refractivity contribution is -0.117. The Morgan fingerprint density at radius 3 is 2.52 bits per heavy atom. The molecular weight excluding hydrogens is 410 g/mol. The Bertz CT molecular complexity index is 1210. The normalized spacial score (nSPS) is 11.1. The van der Waals surface area contributed by atoms with Crippen molar-refractivity contribution in [3.8, 4) is 17.2 Å². The first-order chi connectivity index (χ1) is 13.7. The topological polar surface area (TPSA) is 130 Å². The second-order valence-corrected chi connectivity index (χ2v) is 9.05. The van der Waals surface area contributed by atoms with Crippen LogP contribution in [0, 0.1) is 18.3 Å². The maximum absolute atomic E-state index is 12.6. The first-order valence-electron chi connectivity index (χ1n) is 8.40. The van der Waals surface area contributed by atoms with Gasteiger partial charge in [0.1, 0.15) is 6.07 Å². The highest BCUT2D eigenvalue weighted by Crippen LogP contribution is 2.28. The average molecular weight is 428 g/mol. The van der Waals surface area contributed by atoms with Crippen molar-refractivity contribution in [2.45, 2.75) is 17.6 Å². The van der Waals surface area contributed by atoms with E-state index >= 15 is 0 Å². The zero-order valence-corrected chi connectivity index (χ0v) is 17.3. The molecule has 0 bridgehead atoms. The molecule has 0 atom stereocenters. The molecule has 10 heteroatoms. The minimum atomic E-state index is -3.87. The van der Waals surface area contributed by atoms with Crippen LogP contribution in [-0.2, 0) is 21.2 Å². The number of benzene rings is 1. The van der Waals surface area contributed by atoms with Gasteiger partial charge in [0.2, 0.25) is 15.9 Å². The van der Waals surface area contributed by atoms with E-state index in [2.05, 4.69) is 16.0 Å². The average Bonchev–Trinajstić information content (AvgIpc) is 3.10. The lowest BCUT2D eigenvalue weighted by Gasteiger charge is -2.14. The molecule has 2 aromatic heterocycles. The van der Waals surface area contributed by atoms with E-state index < -0.39 is 10.0 Å². The minimum absolute atomic E-state index is 0.0512. The first kappa shape index (κ1) is 20.6. The molecule has 0 saturated heterocycles. The highest BCUT2D eigenvalue weighted by atomic mass is 32.2. The molecule has 8 nitrogen and oxygen atoms in total. The van der Waals surface area contributed by atoms with Gasteiger partial charge in [-0.15, -0.1) is 0 Å². The van der Waals surface area contributed by atoms with Crippen molar-refractivity contribution >= 4 is 32.4 Å². The number of carbonyl (C=O) groups is 1. The third-order valence-electron chi connectivity index (χ3n) is 4.17. The zero-order chi connectivity index (χ0) is 21.2. The molecule has 0 aliphatic carbocycles. The second-order valence-electron chi connectivity index (χ2n) is 6.31. The predicted molar refractivity (Wildman–Crippen MR) is 110 cm³/mol. The predicted octanol–water partition coefficient (Wildman–Crippen LogP) is 2.24. The van der Waals surface area contributed by atoms with Gasteiger partial charge in [0.25, 0.3) is 0 Å². The number of rotatable bonds is 5. The van der Waals surface area contributed by atoms with E-state index in [9.17, 15) is 13.2 Å². The molecule has 0 aliphatic rings. The van der Waals surface area contributed by atoms with Crippen LogP contribution in [0.2, 0.25) is 0 Å². The molecule has 148 valence electrons. The summed E-state index contributed by atoms with van der Waals surface area (Å²) in [5, 5.41) is 14.4. The number of carbonyl (C=O) groups excluding carboxylic acids is 1. The molecule has 2 heterocycles. The van der Waals surface area contributed by atoms with Crippen LogP contribution in [0.15, 0.2) is 46.9 Å². The molecule has 0 fully saturated rings. The first-order valence-corrected chi connectivity index (χ1v) is 10.8. The van der Waals surface area contributed by atoms with Crippen LogP contribution < -0.4 is 10.0 Å². The molecule has 1 aromatic carbocycles. The van der Waals surface area contributed by atoms with Crippen molar-refractivity contribution in [3.05, 3.63) is 59.5 Å². The molecule has 0 aliphatic heterocycles. The van der Waals surface area contributed by atoms with Gasteiger partial charge < -0.3 is 0 Å². The van der Waals surface area contributed by atoms with Gasteiger partial charge in [0.05, 0.1) is 17.7 Å². The molecule has 0 saturated carbocycles. The third kappa shape index (κ3) is 4.65. The summed E-state index contributed by atoms with van der Waals surface area (Å²) in [6.45, 7) is 1.53. The molecule has 2 N–H and O–H groups in total. The Morgan fingerprint density at radius 2 is 1.93 bits per heavy atom. The van der Waals surface area contributed by atoms with E-state index in [1.807, 2.05) is 24.3 Å². The van der Waals surface area contributed by atoms with Gasteiger partial charge in [-0.05, 0) is 24.1 Å². The Hall–Kier alpha value is -3.13. The minimum Gasteiger partial charge on any atom is -0.291 e. The number of nitrogens with two attached hydrogens (primary N) is 1. The van der Waals surface area contributed by atoms with Crippen molar-refractivity contribution in [1.29, 1.82) is 5.26 Å². The summed E-state index contributed by atoms with van der Waals surface area (Å²) in [7, 11) is -2.33. The fourth-order valence-electron chi connectivity index (χ4n) is 2.65. The summed E-state index contributed by atoms with van der Waals surface area (Å²) in [4.78, 5) is 22.1. The molecule has 1 amide bonds. The maximum atomic E-state index is 12.6. The maximum Gasteiger partial charge on any atom is 0.249 e. The number of nitrogens with zero attached hydrogens (tertiary/aromatic N) is 4. The Morgan fingerprint density at radius 1 is 1.24 bits per heavy atom. The van der Waals surface area contributed by atoms with E-state index in [-0.39, 0.29) is 27.4 Å². The number of aryl methyl sites for hydroxylation is 1. The van der Waals surface area contributed by atoms with Gasteiger partial charge in [-0.1, -0.05) is 35.6 Å². The number of thiazole rings is 1. The summed E-state index contributed by atoms with van der Waals surface area (Å²) in [6, 6.07) is 11.2. The van der Waals surface area contributed by atoms with Gasteiger partial charge in [0.15, 0.2) is 9.34 Å². The number of sulfonamides is 1. The number of aromatic nitrogens is 2. The van der Waals surface area contributed by atoms with Crippen LogP contribution >= 0.6 is 11.3 Å². The summed E-state index contributed by atoms with van der Waals surface area (Å²) < 4.78 is 23.1. The largest absolute Gasteiger partial charge is 0.291 e. The van der Waals surface area contributed by atoms with Crippen LogP contribution in [0.25, 0.3) is 11.1 Å². The molecule has 29 heavy (non-hydrogen) atoms. The number of anilines is 1. The number of amides is 1. The summed E-state index contributed by atoms with van der Waals surface area (Å²) in [5.74, 6) is -0.236. The fraction of sp³-hybridized carbons (Fsp3) is 0.158. The SMILES string of the molecule is Cc1nc(N(C)C(=O)Cc2ccc(-c3cncc(C#N)c3)cc2)sc1S(N)(=O)=O. The van der Waals surface area contributed by atoms with Crippen molar-refractivity contribution < 1.29 is 13.2 Å². The Labute approximate surface area is 172 Å². The number of nitriles is 1. The van der Waals surface area contributed by atoms with Gasteiger partial charge in [-0.2, -0.15) is 5.26 Å². The fourth-order valence-corrected chi connectivity index (χ4v) is 4.58. The van der Waals surface area contributed by atoms with Crippen molar-refractivity contribution in [2.24, 2.45) is 5.14 Å². The highest BCUT2D eigenvalue weighted by molar-refractivity contribution is 7.91. The zero-order valence-electron chi connectivity index (χ0n) is 15.7. The second kappa shape index (κ2) is 8.08. The molecule has 0 spiro atoms. The van der Waals surface area contributed by atoms with Crippen molar-refractivity contribution in [1.82, 2.24) is 9.97 Å². The van der Waals surface area contributed by atoms with Crippen LogP contribution in [0.4, 0.5) is 5.13 Å². The highest BCUT2D eigenvalue weighted by Gasteiger charge is 2.22. The van der Waals surface area contributed by atoms with Crippen LogP contribution in [-0.4, -0.2) is 31.3 Å². The molecule has 3 rings (SSSR count). The van der Waals surface area contributed by atoms with Gasteiger partial charge in [-0.25, -0.2) is 18.5 Å². The monoisotopic (exact) mass is 427 g/mol. The van der Waals surface area contributed by atoms with E-state index in [1.165, 1.54) is 18.0 Å². The summed E-state index contributed by atoms with van der Waals surface area (Å²) in [6.07, 6.45) is 3.28. The van der Waals surface area contributed by atoms with Gasteiger partial charge >= 0.3 is 0 Å². The standard InChI is InChI=1S/C19H17N5O3S2/c1-12-18(29(21,26)27)28-19(23-12)24(2)17(25)8-13-3-5-15(6-4-13)16-7-14(9-20)10-22-11-16/h3-7,10-11H,8H2,1-2H3,(H2,21,26,27). The smallest absolute Gasteiger partial charge is 0.249 e. The van der Waals surface area contributed by atoms with Crippen LogP contribution in [0.5, 0.6) is 0 Å².